The van der Waals surface area contributed by atoms with Crippen molar-refractivity contribution in [1.82, 2.24) is 10.0 Å². The van der Waals surface area contributed by atoms with Crippen LogP contribution in [-0.2, 0) is 14.8 Å². The number of hydrogen-bond acceptors (Lipinski definition) is 6. The van der Waals surface area contributed by atoms with Crippen molar-refractivity contribution >= 4 is 39.7 Å². The van der Waals surface area contributed by atoms with E-state index in [2.05, 4.69) is 14.8 Å². The Morgan fingerprint density at radius 3 is 2.62 bits per heavy atom. The minimum absolute atomic E-state index is 0. The molecule has 1 aromatic rings. The lowest BCUT2D eigenvalue weighted by Crippen LogP contribution is -2.42. The maximum absolute atomic E-state index is 12.5. The van der Waals surface area contributed by atoms with Crippen molar-refractivity contribution in [1.29, 1.82) is 0 Å². The molecule has 0 bridgehead atoms. The van der Waals surface area contributed by atoms with Crippen molar-refractivity contribution in [2.24, 2.45) is 0 Å². The Bertz CT molecular complexity index is 594. The molecular weight excluding hydrogens is 336 g/mol. The fourth-order valence-corrected chi connectivity index (χ4v) is 5.23. The van der Waals surface area contributed by atoms with E-state index in [9.17, 15) is 13.2 Å². The van der Waals surface area contributed by atoms with Crippen LogP contribution in [0.5, 0.6) is 0 Å². The molecule has 0 aromatic carbocycles. The molecule has 2 rings (SSSR count). The molecule has 1 aliphatic rings. The van der Waals surface area contributed by atoms with Gasteiger partial charge in [0.05, 0.1) is 7.11 Å². The van der Waals surface area contributed by atoms with Crippen LogP contribution in [0.1, 0.15) is 28.1 Å². The number of nitrogens with one attached hydrogen (secondary N) is 2. The van der Waals surface area contributed by atoms with Gasteiger partial charge in [-0.3, -0.25) is 0 Å². The lowest BCUT2D eigenvalue weighted by molar-refractivity contribution is 0.0602. The second kappa shape index (κ2) is 7.55. The van der Waals surface area contributed by atoms with Gasteiger partial charge in [-0.2, -0.15) is 0 Å². The van der Waals surface area contributed by atoms with E-state index in [4.69, 9.17) is 0 Å². The third kappa shape index (κ3) is 4.17. The lowest BCUT2D eigenvalue weighted by Gasteiger charge is -2.23. The molecule has 9 heteroatoms. The quantitative estimate of drug-likeness (QED) is 0.796. The third-order valence-corrected chi connectivity index (χ3v) is 6.13. The number of aryl methyl sites for hydroxylation is 1. The van der Waals surface area contributed by atoms with Crippen LogP contribution in [0.3, 0.4) is 0 Å². The molecule has 0 atom stereocenters. The molecule has 6 nitrogen and oxygen atoms in total. The predicted molar refractivity (Wildman–Crippen MR) is 83.9 cm³/mol. The van der Waals surface area contributed by atoms with Crippen LogP contribution in [0.4, 0.5) is 0 Å². The van der Waals surface area contributed by atoms with E-state index in [1.54, 1.807) is 12.3 Å². The van der Waals surface area contributed by atoms with Gasteiger partial charge in [-0.1, -0.05) is 0 Å². The van der Waals surface area contributed by atoms with Crippen LogP contribution in [0.15, 0.2) is 10.3 Å². The summed E-state index contributed by atoms with van der Waals surface area (Å²) in [6.07, 6.45) is 1.49. The monoisotopic (exact) mass is 354 g/mol. The molecule has 120 valence electrons. The highest BCUT2D eigenvalue weighted by Gasteiger charge is 2.29. The molecule has 1 fully saturated rings. The first-order valence-electron chi connectivity index (χ1n) is 6.35. The fraction of sp³-hybridized carbons (Fsp3) is 0.583. The zero-order valence-electron chi connectivity index (χ0n) is 11.8. The molecule has 0 amide bonds. The average molecular weight is 355 g/mol. The van der Waals surface area contributed by atoms with Crippen LogP contribution < -0.4 is 10.0 Å². The van der Waals surface area contributed by atoms with E-state index in [0.29, 0.717) is 5.56 Å². The van der Waals surface area contributed by atoms with Crippen molar-refractivity contribution in [3.63, 3.8) is 0 Å². The van der Waals surface area contributed by atoms with Gasteiger partial charge >= 0.3 is 5.97 Å². The minimum Gasteiger partial charge on any atom is -0.465 e. The summed E-state index contributed by atoms with van der Waals surface area (Å²) in [4.78, 5) is 11.9. The normalized spacial score (nSPS) is 16.3. The van der Waals surface area contributed by atoms with Gasteiger partial charge in [0.15, 0.2) is 0 Å². The van der Waals surface area contributed by atoms with Gasteiger partial charge in [0.2, 0.25) is 10.0 Å². The number of hydrogen-bond donors (Lipinski definition) is 2. The van der Waals surface area contributed by atoms with E-state index in [1.165, 1.54) is 7.11 Å². The first kappa shape index (κ1) is 18.4. The van der Waals surface area contributed by atoms with E-state index in [-0.39, 0.29) is 28.2 Å². The highest BCUT2D eigenvalue weighted by atomic mass is 35.5. The molecule has 0 saturated carbocycles. The van der Waals surface area contributed by atoms with Crippen molar-refractivity contribution in [2.75, 3.05) is 20.2 Å². The first-order valence-corrected chi connectivity index (χ1v) is 8.71. The summed E-state index contributed by atoms with van der Waals surface area (Å²) in [5, 5.41) is 4.83. The number of piperidine rings is 1. The van der Waals surface area contributed by atoms with Crippen LogP contribution in [0.2, 0.25) is 0 Å². The number of halogens is 1. The SMILES string of the molecule is COC(=O)c1scc(C)c1S(=O)(=O)NC1CCNCC1.Cl. The summed E-state index contributed by atoms with van der Waals surface area (Å²) < 4.78 is 32.3. The van der Waals surface area contributed by atoms with Gasteiger partial charge in [0, 0.05) is 6.04 Å². The highest BCUT2D eigenvalue weighted by Crippen LogP contribution is 2.28. The molecule has 2 heterocycles. The number of sulfonamides is 1. The van der Waals surface area contributed by atoms with Crippen LogP contribution in [-0.4, -0.2) is 40.6 Å². The molecule has 0 radical (unpaired) electrons. The Balaban J connectivity index is 0.00000220. The Kier molecular flexibility index (Phi) is 6.61. The Labute approximate surface area is 134 Å². The topological polar surface area (TPSA) is 84.5 Å². The smallest absolute Gasteiger partial charge is 0.349 e. The van der Waals surface area contributed by atoms with Gasteiger partial charge in [0.25, 0.3) is 0 Å². The van der Waals surface area contributed by atoms with Crippen molar-refractivity contribution in [3.05, 3.63) is 15.8 Å². The summed E-state index contributed by atoms with van der Waals surface area (Å²) in [6.45, 7) is 3.26. The maximum atomic E-state index is 12.5. The highest BCUT2D eigenvalue weighted by molar-refractivity contribution is 7.89. The largest absolute Gasteiger partial charge is 0.465 e. The summed E-state index contributed by atoms with van der Waals surface area (Å²) in [7, 11) is -2.46. The van der Waals surface area contributed by atoms with Gasteiger partial charge in [0.1, 0.15) is 9.77 Å². The number of rotatable bonds is 4. The number of carbonyl (C=O) groups is 1. The number of methoxy groups -OCH3 is 1. The lowest BCUT2D eigenvalue weighted by atomic mass is 10.1. The van der Waals surface area contributed by atoms with Gasteiger partial charge in [-0.15, -0.1) is 23.7 Å². The van der Waals surface area contributed by atoms with Crippen LogP contribution >= 0.6 is 23.7 Å². The number of carbonyl (C=O) groups excluding carboxylic acids is 1. The van der Waals surface area contributed by atoms with E-state index >= 15 is 0 Å². The Morgan fingerprint density at radius 2 is 2.05 bits per heavy atom. The minimum atomic E-state index is -3.70. The second-order valence-electron chi connectivity index (χ2n) is 4.71. The summed E-state index contributed by atoms with van der Waals surface area (Å²) in [5.74, 6) is -0.617. The zero-order valence-corrected chi connectivity index (χ0v) is 14.3. The average Bonchev–Trinajstić information content (AvgIpc) is 2.81. The van der Waals surface area contributed by atoms with Gasteiger partial charge < -0.3 is 10.1 Å². The molecule has 2 N–H and O–H groups in total. The summed E-state index contributed by atoms with van der Waals surface area (Å²) in [6, 6.07) is -0.0916. The molecule has 0 spiro atoms. The van der Waals surface area contributed by atoms with Crippen molar-refractivity contribution in [3.8, 4) is 0 Å². The summed E-state index contributed by atoms with van der Waals surface area (Å²) >= 11 is 1.09. The molecule has 21 heavy (non-hydrogen) atoms. The van der Waals surface area contributed by atoms with E-state index in [1.807, 2.05) is 0 Å². The maximum Gasteiger partial charge on any atom is 0.349 e. The zero-order chi connectivity index (χ0) is 14.8. The second-order valence-corrected chi connectivity index (χ2v) is 7.24. The number of thiophene rings is 1. The van der Waals surface area contributed by atoms with Gasteiger partial charge in [-0.25, -0.2) is 17.9 Å². The van der Waals surface area contributed by atoms with E-state index in [0.717, 1.165) is 37.3 Å². The Morgan fingerprint density at radius 1 is 1.43 bits per heavy atom. The number of ether oxygens (including phenoxy) is 1. The first-order chi connectivity index (χ1) is 9.45. The fourth-order valence-electron chi connectivity index (χ4n) is 2.22. The predicted octanol–water partition coefficient (Wildman–Crippen LogP) is 1.30. The van der Waals surface area contributed by atoms with Gasteiger partial charge in [-0.05, 0) is 43.8 Å². The van der Waals surface area contributed by atoms with E-state index < -0.39 is 16.0 Å². The van der Waals surface area contributed by atoms with Crippen LogP contribution in [0, 0.1) is 6.92 Å². The molecule has 1 aromatic heterocycles. The molecule has 0 aliphatic carbocycles. The standard InChI is InChI=1S/C12H18N2O4S2.ClH/c1-8-7-19-10(12(15)18-2)11(8)20(16,17)14-9-3-5-13-6-4-9;/h7,9,13-14H,3-6H2,1-2H3;1H. The van der Waals surface area contributed by atoms with Crippen molar-refractivity contribution in [2.45, 2.75) is 30.7 Å². The molecular formula is C12H19ClN2O4S2. The Hall–Kier alpha value is -0.670. The van der Waals surface area contributed by atoms with Crippen LogP contribution in [0.25, 0.3) is 0 Å². The molecule has 1 saturated heterocycles. The molecule has 0 unspecified atom stereocenters. The van der Waals surface area contributed by atoms with Crippen molar-refractivity contribution < 1.29 is 17.9 Å². The molecule has 1 aliphatic heterocycles. The summed E-state index contributed by atoms with van der Waals surface area (Å²) in [5.41, 5.74) is 0.567. The third-order valence-electron chi connectivity index (χ3n) is 3.22. The number of esters is 1.